The highest BCUT2D eigenvalue weighted by molar-refractivity contribution is 7.89. The summed E-state index contributed by atoms with van der Waals surface area (Å²) < 4.78 is 60.1. The molecule has 15 heavy (non-hydrogen) atoms. The van der Waals surface area contributed by atoms with E-state index in [0.717, 1.165) is 6.07 Å². The van der Waals surface area contributed by atoms with Crippen molar-refractivity contribution in [3.8, 4) is 5.75 Å². The van der Waals surface area contributed by atoms with Crippen LogP contribution < -0.4 is 0 Å². The van der Waals surface area contributed by atoms with Gasteiger partial charge in [-0.1, -0.05) is 0 Å². The van der Waals surface area contributed by atoms with Crippen molar-refractivity contribution in [1.29, 1.82) is 0 Å². The summed E-state index contributed by atoms with van der Waals surface area (Å²) in [5, 5.41) is 8.91. The molecular formula is C6H6O7S2. The molecule has 0 fully saturated rings. The van der Waals surface area contributed by atoms with Gasteiger partial charge in [0.1, 0.15) is 15.5 Å². The van der Waals surface area contributed by atoms with Crippen LogP contribution in [0.25, 0.3) is 0 Å². The maximum atomic E-state index is 10.7. The standard InChI is InChI=1S/C6H6O7S2/c7-4-1-2-5(14(8,9)10)6(3-4)15(11,12)13/h1-3,7H,(H,8,9,10)(H,11,12,13). The summed E-state index contributed by atoms with van der Waals surface area (Å²) in [6, 6.07) is 2.03. The van der Waals surface area contributed by atoms with Gasteiger partial charge in [0.2, 0.25) is 0 Å². The first-order valence-electron chi connectivity index (χ1n) is 3.40. The quantitative estimate of drug-likeness (QED) is 0.627. The lowest BCUT2D eigenvalue weighted by molar-refractivity contribution is 0.456. The van der Waals surface area contributed by atoms with Gasteiger partial charge in [0.25, 0.3) is 20.2 Å². The van der Waals surface area contributed by atoms with Crippen molar-refractivity contribution in [2.24, 2.45) is 0 Å². The molecule has 0 bridgehead atoms. The van der Waals surface area contributed by atoms with Gasteiger partial charge in [0.15, 0.2) is 0 Å². The summed E-state index contributed by atoms with van der Waals surface area (Å²) in [7, 11) is -9.62. The second-order valence-corrected chi connectivity index (χ2v) is 5.36. The monoisotopic (exact) mass is 254 g/mol. The summed E-state index contributed by atoms with van der Waals surface area (Å²) in [6.45, 7) is 0. The molecule has 0 aromatic heterocycles. The fraction of sp³-hybridized carbons (Fsp3) is 0. The van der Waals surface area contributed by atoms with E-state index in [-0.39, 0.29) is 0 Å². The van der Waals surface area contributed by atoms with Crippen LogP contribution in [0.3, 0.4) is 0 Å². The minimum atomic E-state index is -4.84. The van der Waals surface area contributed by atoms with Gasteiger partial charge in [-0.3, -0.25) is 9.11 Å². The van der Waals surface area contributed by atoms with E-state index in [4.69, 9.17) is 14.2 Å². The van der Waals surface area contributed by atoms with Crippen molar-refractivity contribution in [3.05, 3.63) is 18.2 Å². The SMILES string of the molecule is O=S(=O)(O)c1ccc(O)cc1S(=O)(=O)O. The van der Waals surface area contributed by atoms with E-state index in [2.05, 4.69) is 0 Å². The first-order chi connectivity index (χ1) is 6.62. The number of hydrogen-bond acceptors (Lipinski definition) is 5. The molecule has 0 atom stereocenters. The molecule has 0 radical (unpaired) electrons. The van der Waals surface area contributed by atoms with Crippen molar-refractivity contribution >= 4 is 20.2 Å². The molecule has 84 valence electrons. The molecule has 0 heterocycles. The number of phenolic OH excluding ortho intramolecular Hbond substituents is 1. The Bertz CT molecular complexity index is 584. The zero-order chi connectivity index (χ0) is 11.9. The molecule has 0 spiro atoms. The van der Waals surface area contributed by atoms with Gasteiger partial charge in [0, 0.05) is 6.07 Å². The normalized spacial score (nSPS) is 12.7. The first-order valence-corrected chi connectivity index (χ1v) is 6.28. The molecule has 0 unspecified atom stereocenters. The predicted molar refractivity (Wildman–Crippen MR) is 47.7 cm³/mol. The average molecular weight is 254 g/mol. The Labute approximate surface area is 85.5 Å². The molecular weight excluding hydrogens is 248 g/mol. The van der Waals surface area contributed by atoms with Gasteiger partial charge < -0.3 is 5.11 Å². The highest BCUT2D eigenvalue weighted by Gasteiger charge is 2.23. The molecule has 1 rings (SSSR count). The third-order valence-corrected chi connectivity index (χ3v) is 3.42. The number of phenols is 1. The Morgan fingerprint density at radius 3 is 1.73 bits per heavy atom. The maximum absolute atomic E-state index is 10.7. The smallest absolute Gasteiger partial charge is 0.296 e. The van der Waals surface area contributed by atoms with E-state index in [1.165, 1.54) is 0 Å². The van der Waals surface area contributed by atoms with Crippen molar-refractivity contribution in [1.82, 2.24) is 0 Å². The van der Waals surface area contributed by atoms with E-state index in [0.29, 0.717) is 12.1 Å². The van der Waals surface area contributed by atoms with Crippen LogP contribution >= 0.6 is 0 Å². The molecule has 7 nitrogen and oxygen atoms in total. The van der Waals surface area contributed by atoms with E-state index in [1.54, 1.807) is 0 Å². The van der Waals surface area contributed by atoms with Gasteiger partial charge in [0.05, 0.1) is 0 Å². The first kappa shape index (κ1) is 11.9. The third kappa shape index (κ3) is 2.65. The van der Waals surface area contributed by atoms with Gasteiger partial charge in [-0.2, -0.15) is 16.8 Å². The van der Waals surface area contributed by atoms with Crippen molar-refractivity contribution in [2.45, 2.75) is 9.79 Å². The van der Waals surface area contributed by atoms with Crippen LogP contribution in [0.2, 0.25) is 0 Å². The van der Waals surface area contributed by atoms with Crippen LogP contribution in [0.1, 0.15) is 0 Å². The number of aromatic hydroxyl groups is 1. The van der Waals surface area contributed by atoms with Crippen LogP contribution in [0, 0.1) is 0 Å². The lowest BCUT2D eigenvalue weighted by Gasteiger charge is -2.04. The highest BCUT2D eigenvalue weighted by Crippen LogP contribution is 2.24. The van der Waals surface area contributed by atoms with Crippen LogP contribution in [0.15, 0.2) is 28.0 Å². The molecule has 0 aliphatic rings. The lowest BCUT2D eigenvalue weighted by atomic mass is 10.3. The zero-order valence-corrected chi connectivity index (χ0v) is 8.66. The van der Waals surface area contributed by atoms with Crippen LogP contribution in [-0.2, 0) is 20.2 Å². The summed E-state index contributed by atoms with van der Waals surface area (Å²) in [4.78, 5) is -2.08. The van der Waals surface area contributed by atoms with E-state index in [1.807, 2.05) is 0 Å². The number of benzene rings is 1. The van der Waals surface area contributed by atoms with Gasteiger partial charge in [-0.05, 0) is 12.1 Å². The summed E-state index contributed by atoms with van der Waals surface area (Å²) in [5.74, 6) is -0.560. The fourth-order valence-electron chi connectivity index (χ4n) is 0.911. The molecule has 0 aliphatic carbocycles. The topological polar surface area (TPSA) is 129 Å². The Balaban J connectivity index is 3.71. The minimum absolute atomic E-state index is 0.512. The van der Waals surface area contributed by atoms with E-state index < -0.39 is 35.8 Å². The van der Waals surface area contributed by atoms with E-state index in [9.17, 15) is 16.8 Å². The van der Waals surface area contributed by atoms with Crippen LogP contribution in [0.5, 0.6) is 5.75 Å². The average Bonchev–Trinajstić information content (AvgIpc) is 2.00. The van der Waals surface area contributed by atoms with Crippen molar-refractivity contribution < 1.29 is 31.0 Å². The molecule has 0 aliphatic heterocycles. The predicted octanol–water partition coefficient (Wildman–Crippen LogP) is -0.114. The summed E-state index contributed by atoms with van der Waals surface area (Å²) >= 11 is 0. The molecule has 0 saturated carbocycles. The second-order valence-electron chi connectivity index (χ2n) is 2.58. The number of hydrogen-bond donors (Lipinski definition) is 3. The molecule has 0 saturated heterocycles. The Morgan fingerprint density at radius 2 is 1.33 bits per heavy atom. The molecule has 1 aromatic rings. The molecule has 3 N–H and O–H groups in total. The Hall–Kier alpha value is -1.16. The van der Waals surface area contributed by atoms with E-state index >= 15 is 0 Å². The van der Waals surface area contributed by atoms with Gasteiger partial charge in [-0.25, -0.2) is 0 Å². The zero-order valence-electron chi connectivity index (χ0n) is 7.02. The third-order valence-electron chi connectivity index (χ3n) is 1.48. The second kappa shape index (κ2) is 3.45. The largest absolute Gasteiger partial charge is 0.508 e. The fourth-order valence-corrected chi connectivity index (χ4v) is 2.69. The minimum Gasteiger partial charge on any atom is -0.508 e. The molecule has 9 heteroatoms. The highest BCUT2D eigenvalue weighted by atomic mass is 32.2. The molecule has 1 aromatic carbocycles. The molecule has 0 amide bonds. The summed E-state index contributed by atoms with van der Waals surface area (Å²) in [5.41, 5.74) is 0. The van der Waals surface area contributed by atoms with Crippen LogP contribution in [0.4, 0.5) is 0 Å². The van der Waals surface area contributed by atoms with Crippen LogP contribution in [-0.4, -0.2) is 31.0 Å². The summed E-state index contributed by atoms with van der Waals surface area (Å²) in [6.07, 6.45) is 0. The Kier molecular flexibility index (Phi) is 2.74. The Morgan fingerprint density at radius 1 is 0.867 bits per heavy atom. The van der Waals surface area contributed by atoms with Crippen molar-refractivity contribution in [3.63, 3.8) is 0 Å². The lowest BCUT2D eigenvalue weighted by Crippen LogP contribution is -2.07. The maximum Gasteiger partial charge on any atom is 0.296 e. The van der Waals surface area contributed by atoms with Gasteiger partial charge in [-0.15, -0.1) is 0 Å². The van der Waals surface area contributed by atoms with Crippen molar-refractivity contribution in [2.75, 3.05) is 0 Å². The van der Waals surface area contributed by atoms with Gasteiger partial charge >= 0.3 is 0 Å². The number of rotatable bonds is 2.